The first-order valence-corrected chi connectivity index (χ1v) is 11.0. The largest absolute Gasteiger partial charge is 0.491 e. The molecule has 1 atom stereocenters. The number of benzene rings is 1. The highest BCUT2D eigenvalue weighted by Gasteiger charge is 2.23. The third kappa shape index (κ3) is 8.58. The van der Waals surface area contributed by atoms with E-state index in [1.54, 1.807) is 12.2 Å². The summed E-state index contributed by atoms with van der Waals surface area (Å²) in [7, 11) is 0. The minimum absolute atomic E-state index is 0.281. The lowest BCUT2D eigenvalue weighted by atomic mass is 9.95. The fraction of sp³-hybridized carbons (Fsp3) is 0.583. The van der Waals surface area contributed by atoms with Crippen LogP contribution in [-0.2, 0) is 6.54 Å². The first-order valence-electron chi connectivity index (χ1n) is 11.0. The predicted molar refractivity (Wildman–Crippen MR) is 123 cm³/mol. The number of likely N-dealkylation sites (N-methyl/N-ethyl adjacent to an activating group) is 1. The monoisotopic (exact) mass is 417 g/mol. The van der Waals surface area contributed by atoms with Crippen molar-refractivity contribution in [2.24, 2.45) is 0 Å². The van der Waals surface area contributed by atoms with Crippen molar-refractivity contribution in [3.63, 3.8) is 0 Å². The Morgan fingerprint density at radius 2 is 1.83 bits per heavy atom. The van der Waals surface area contributed by atoms with Crippen LogP contribution >= 0.6 is 0 Å². The van der Waals surface area contributed by atoms with Crippen LogP contribution in [0.4, 0.5) is 0 Å². The SMILES string of the molecule is C=CCC(O)(CC=C)CNCc1cccc(OCC(O)CN2CCN(CC)CC2)c1. The maximum absolute atomic E-state index is 10.6. The molecule has 0 aliphatic carbocycles. The number of hydrogen-bond acceptors (Lipinski definition) is 6. The third-order valence-corrected chi connectivity index (χ3v) is 5.55. The van der Waals surface area contributed by atoms with Crippen molar-refractivity contribution >= 4 is 0 Å². The lowest BCUT2D eigenvalue weighted by Gasteiger charge is -2.34. The van der Waals surface area contributed by atoms with Crippen molar-refractivity contribution < 1.29 is 14.9 Å². The van der Waals surface area contributed by atoms with Crippen LogP contribution < -0.4 is 10.1 Å². The molecule has 0 saturated carbocycles. The molecule has 6 nitrogen and oxygen atoms in total. The number of hydrogen-bond donors (Lipinski definition) is 3. The molecule has 0 amide bonds. The normalized spacial score (nSPS) is 16.9. The Bertz CT molecular complexity index is 634. The molecule has 30 heavy (non-hydrogen) atoms. The number of piperazine rings is 1. The van der Waals surface area contributed by atoms with Crippen LogP contribution in [0.2, 0.25) is 0 Å². The van der Waals surface area contributed by atoms with Gasteiger partial charge in [-0.2, -0.15) is 0 Å². The van der Waals surface area contributed by atoms with Crippen LogP contribution in [-0.4, -0.2) is 84.1 Å². The van der Waals surface area contributed by atoms with Crippen molar-refractivity contribution in [2.75, 3.05) is 52.4 Å². The number of nitrogens with zero attached hydrogens (tertiary/aromatic N) is 2. The second-order valence-electron chi connectivity index (χ2n) is 8.16. The molecular weight excluding hydrogens is 378 g/mol. The zero-order valence-corrected chi connectivity index (χ0v) is 18.4. The minimum atomic E-state index is -0.857. The Morgan fingerprint density at radius 1 is 1.17 bits per heavy atom. The van der Waals surface area contributed by atoms with Crippen LogP contribution in [0.25, 0.3) is 0 Å². The van der Waals surface area contributed by atoms with Gasteiger partial charge in [-0.15, -0.1) is 13.2 Å². The molecule has 168 valence electrons. The zero-order chi connectivity index (χ0) is 21.8. The van der Waals surface area contributed by atoms with Gasteiger partial charge in [0.25, 0.3) is 0 Å². The van der Waals surface area contributed by atoms with Gasteiger partial charge in [-0.25, -0.2) is 0 Å². The van der Waals surface area contributed by atoms with Crippen LogP contribution in [0.5, 0.6) is 5.75 Å². The van der Waals surface area contributed by atoms with E-state index in [4.69, 9.17) is 4.74 Å². The van der Waals surface area contributed by atoms with Gasteiger partial charge in [0.05, 0.1) is 5.60 Å². The van der Waals surface area contributed by atoms with Gasteiger partial charge < -0.3 is 25.2 Å². The van der Waals surface area contributed by atoms with Gasteiger partial charge in [0.2, 0.25) is 0 Å². The van der Waals surface area contributed by atoms with Crippen LogP contribution in [0.1, 0.15) is 25.3 Å². The van der Waals surface area contributed by atoms with E-state index in [0.717, 1.165) is 44.0 Å². The first-order chi connectivity index (χ1) is 14.5. The van der Waals surface area contributed by atoms with E-state index in [9.17, 15) is 10.2 Å². The Balaban J connectivity index is 1.74. The molecule has 0 radical (unpaired) electrons. The molecule has 1 heterocycles. The second-order valence-corrected chi connectivity index (χ2v) is 8.16. The molecule has 1 aliphatic rings. The van der Waals surface area contributed by atoms with Gasteiger partial charge >= 0.3 is 0 Å². The van der Waals surface area contributed by atoms with E-state index in [0.29, 0.717) is 32.5 Å². The predicted octanol–water partition coefficient (Wildman–Crippen LogP) is 2.04. The number of β-amino-alcohol motifs (C(OH)–C–C–N with tert-alkyl or cyclic N) is 1. The minimum Gasteiger partial charge on any atom is -0.491 e. The number of ether oxygens (including phenoxy) is 1. The van der Waals surface area contributed by atoms with E-state index in [1.165, 1.54) is 0 Å². The van der Waals surface area contributed by atoms with Gasteiger partial charge in [-0.05, 0) is 37.1 Å². The Morgan fingerprint density at radius 3 is 2.47 bits per heavy atom. The molecule has 0 aromatic heterocycles. The van der Waals surface area contributed by atoms with Gasteiger partial charge in [0.15, 0.2) is 0 Å². The summed E-state index contributed by atoms with van der Waals surface area (Å²) >= 11 is 0. The molecule has 1 saturated heterocycles. The topological polar surface area (TPSA) is 68.2 Å². The van der Waals surface area contributed by atoms with E-state index in [2.05, 4.69) is 35.2 Å². The average Bonchev–Trinajstić information content (AvgIpc) is 2.73. The van der Waals surface area contributed by atoms with E-state index < -0.39 is 11.7 Å². The maximum atomic E-state index is 10.6. The Kier molecular flexibility index (Phi) is 10.5. The van der Waals surface area contributed by atoms with Crippen molar-refractivity contribution in [3.8, 4) is 5.75 Å². The summed E-state index contributed by atoms with van der Waals surface area (Å²) in [6.07, 6.45) is 3.98. The lowest BCUT2D eigenvalue weighted by Crippen LogP contribution is -2.49. The van der Waals surface area contributed by atoms with Gasteiger partial charge in [-0.1, -0.05) is 31.2 Å². The van der Waals surface area contributed by atoms with Crippen molar-refractivity contribution in [2.45, 2.75) is 38.0 Å². The highest BCUT2D eigenvalue weighted by atomic mass is 16.5. The van der Waals surface area contributed by atoms with Crippen molar-refractivity contribution in [1.82, 2.24) is 15.1 Å². The number of rotatable bonds is 14. The fourth-order valence-corrected chi connectivity index (χ4v) is 3.78. The Hall–Kier alpha value is -1.70. The lowest BCUT2D eigenvalue weighted by molar-refractivity contribution is 0.0457. The number of aliphatic hydroxyl groups is 2. The summed E-state index contributed by atoms with van der Waals surface area (Å²) in [5.74, 6) is 0.747. The average molecular weight is 418 g/mol. The van der Waals surface area contributed by atoms with Gasteiger partial charge in [0, 0.05) is 45.8 Å². The summed E-state index contributed by atoms with van der Waals surface area (Å²) in [6.45, 7) is 16.8. The highest BCUT2D eigenvalue weighted by molar-refractivity contribution is 5.28. The molecule has 3 N–H and O–H groups in total. The Labute approximate surface area is 181 Å². The molecule has 1 aromatic rings. The van der Waals surface area contributed by atoms with E-state index in [1.807, 2.05) is 24.3 Å². The molecular formula is C24H39N3O3. The molecule has 2 rings (SSSR count). The van der Waals surface area contributed by atoms with Crippen LogP contribution in [0, 0.1) is 0 Å². The molecule has 0 spiro atoms. The molecule has 1 unspecified atom stereocenters. The summed E-state index contributed by atoms with van der Waals surface area (Å²) in [5.41, 5.74) is 0.210. The fourth-order valence-electron chi connectivity index (χ4n) is 3.78. The summed E-state index contributed by atoms with van der Waals surface area (Å²) in [6, 6.07) is 7.84. The molecule has 0 bridgehead atoms. The van der Waals surface area contributed by atoms with Crippen molar-refractivity contribution in [3.05, 3.63) is 55.1 Å². The summed E-state index contributed by atoms with van der Waals surface area (Å²) in [5, 5.41) is 24.2. The number of nitrogens with one attached hydrogen (secondary N) is 1. The highest BCUT2D eigenvalue weighted by Crippen LogP contribution is 2.17. The number of aliphatic hydroxyl groups excluding tert-OH is 1. The molecule has 1 aromatic carbocycles. The zero-order valence-electron chi connectivity index (χ0n) is 18.4. The van der Waals surface area contributed by atoms with Crippen molar-refractivity contribution in [1.29, 1.82) is 0 Å². The van der Waals surface area contributed by atoms with E-state index in [-0.39, 0.29) is 6.61 Å². The molecule has 6 heteroatoms. The third-order valence-electron chi connectivity index (χ3n) is 5.55. The standard InChI is InChI=1S/C24H39N3O3/c1-4-10-24(29,11-5-2)20-25-17-21-8-7-9-23(16-21)30-19-22(28)18-27-14-12-26(6-3)13-15-27/h4-5,7-9,16,22,25,28-29H,1-2,6,10-15,17-20H2,3H3. The van der Waals surface area contributed by atoms with Crippen LogP contribution in [0.15, 0.2) is 49.6 Å². The van der Waals surface area contributed by atoms with Crippen LogP contribution in [0.3, 0.4) is 0 Å². The first kappa shape index (κ1) is 24.6. The van der Waals surface area contributed by atoms with Gasteiger partial charge in [0.1, 0.15) is 18.5 Å². The van der Waals surface area contributed by atoms with E-state index >= 15 is 0 Å². The molecule has 1 aliphatic heterocycles. The smallest absolute Gasteiger partial charge is 0.119 e. The summed E-state index contributed by atoms with van der Waals surface area (Å²) in [4.78, 5) is 4.72. The second kappa shape index (κ2) is 12.9. The summed E-state index contributed by atoms with van der Waals surface area (Å²) < 4.78 is 5.83. The quantitative estimate of drug-likeness (QED) is 0.403. The van der Waals surface area contributed by atoms with Gasteiger partial charge in [-0.3, -0.25) is 4.90 Å². The maximum Gasteiger partial charge on any atom is 0.119 e. The molecule has 1 fully saturated rings.